The van der Waals surface area contributed by atoms with E-state index in [1.807, 2.05) is 0 Å². The molecule has 0 aliphatic carbocycles. The number of hydrogen-bond acceptors (Lipinski definition) is 3. The predicted molar refractivity (Wildman–Crippen MR) is 66.3 cm³/mol. The summed E-state index contributed by atoms with van der Waals surface area (Å²) in [5.41, 5.74) is 1.16. The Morgan fingerprint density at radius 1 is 1.24 bits per heavy atom. The fourth-order valence-corrected chi connectivity index (χ4v) is 1.26. The molecule has 0 unspecified atom stereocenters. The van der Waals surface area contributed by atoms with Crippen molar-refractivity contribution >= 4 is 34.8 Å². The molecule has 0 spiro atoms. The Morgan fingerprint density at radius 3 is 2.35 bits per heavy atom. The van der Waals surface area contributed by atoms with Crippen LogP contribution in [0.3, 0.4) is 0 Å². The van der Waals surface area contributed by atoms with E-state index < -0.39 is 0 Å². The number of hydrogen-bond donors (Lipinski definition) is 2. The quantitative estimate of drug-likeness (QED) is 0.784. The average molecular weight is 257 g/mol. The first kappa shape index (κ1) is 13.5. The van der Waals surface area contributed by atoms with Crippen molar-refractivity contribution in [3.63, 3.8) is 0 Å². The van der Waals surface area contributed by atoms with Crippen LogP contribution in [0.5, 0.6) is 0 Å². The van der Waals surface area contributed by atoms with E-state index in [1.54, 1.807) is 24.3 Å². The summed E-state index contributed by atoms with van der Waals surface area (Å²) in [5, 5.41) is 5.21. The van der Waals surface area contributed by atoms with Crippen molar-refractivity contribution in [2.75, 3.05) is 30.2 Å². The van der Waals surface area contributed by atoms with Gasteiger partial charge < -0.3 is 15.4 Å². The number of carbonyl (C=O) groups excluding carboxylic acids is 2. The lowest BCUT2D eigenvalue weighted by Gasteiger charge is -2.07. The number of anilines is 2. The monoisotopic (exact) mass is 256 g/mol. The third kappa shape index (κ3) is 4.84. The van der Waals surface area contributed by atoms with Gasteiger partial charge >= 0.3 is 0 Å². The normalized spacial score (nSPS) is 9.76. The lowest BCUT2D eigenvalue weighted by atomic mass is 10.2. The molecule has 6 heteroatoms. The summed E-state index contributed by atoms with van der Waals surface area (Å²) in [5.74, 6) is -0.666. The van der Waals surface area contributed by atoms with E-state index in [4.69, 9.17) is 11.6 Å². The molecule has 2 N–H and O–H groups in total. The summed E-state index contributed by atoms with van der Waals surface area (Å²) in [6.07, 6.45) is 0. The van der Waals surface area contributed by atoms with Gasteiger partial charge in [0.1, 0.15) is 12.5 Å². The lowest BCUT2D eigenvalue weighted by molar-refractivity contribution is -0.119. The van der Waals surface area contributed by atoms with Gasteiger partial charge in [-0.15, -0.1) is 11.6 Å². The van der Waals surface area contributed by atoms with Crippen molar-refractivity contribution < 1.29 is 14.3 Å². The van der Waals surface area contributed by atoms with E-state index in [0.717, 1.165) is 0 Å². The molecule has 0 aliphatic heterocycles. The van der Waals surface area contributed by atoms with E-state index in [9.17, 15) is 9.59 Å². The zero-order valence-corrected chi connectivity index (χ0v) is 10.1. The standard InChI is InChI=1S/C11H13ClN2O3/c1-17-7-11(16)14-9-4-2-3-8(5-9)13-10(15)6-12/h2-5H,6-7H2,1H3,(H,13,15)(H,14,16). The third-order valence-corrected chi connectivity index (χ3v) is 2.07. The molecule has 0 saturated heterocycles. The van der Waals surface area contributed by atoms with Crippen LogP contribution in [-0.2, 0) is 14.3 Å². The number of ether oxygens (including phenoxy) is 1. The van der Waals surface area contributed by atoms with Gasteiger partial charge in [-0.05, 0) is 18.2 Å². The number of amides is 2. The molecular formula is C11H13ClN2O3. The van der Waals surface area contributed by atoms with Crippen molar-refractivity contribution in [2.45, 2.75) is 0 Å². The minimum absolute atomic E-state index is 0.0156. The second-order valence-corrected chi connectivity index (χ2v) is 3.51. The van der Waals surface area contributed by atoms with Crippen molar-refractivity contribution in [3.8, 4) is 0 Å². The Hall–Kier alpha value is -1.59. The molecule has 1 rings (SSSR count). The van der Waals surface area contributed by atoms with Crippen LogP contribution < -0.4 is 10.6 Å². The second kappa shape index (κ2) is 6.88. The highest BCUT2D eigenvalue weighted by Crippen LogP contribution is 2.15. The van der Waals surface area contributed by atoms with Crippen LogP contribution in [0.25, 0.3) is 0 Å². The minimum atomic E-state index is -0.299. The molecule has 1 aromatic rings. The van der Waals surface area contributed by atoms with Crippen molar-refractivity contribution in [3.05, 3.63) is 24.3 Å². The van der Waals surface area contributed by atoms with Gasteiger partial charge in [0.2, 0.25) is 11.8 Å². The van der Waals surface area contributed by atoms with Crippen LogP contribution in [0.15, 0.2) is 24.3 Å². The van der Waals surface area contributed by atoms with Gasteiger partial charge in [0.25, 0.3) is 0 Å². The largest absolute Gasteiger partial charge is 0.375 e. The Kier molecular flexibility index (Phi) is 5.45. The summed E-state index contributed by atoms with van der Waals surface area (Å²) < 4.78 is 4.69. The average Bonchev–Trinajstić information content (AvgIpc) is 2.29. The number of methoxy groups -OCH3 is 1. The van der Waals surface area contributed by atoms with E-state index in [2.05, 4.69) is 15.4 Å². The fourth-order valence-electron chi connectivity index (χ4n) is 1.20. The maximum atomic E-state index is 11.3. The maximum absolute atomic E-state index is 11.3. The van der Waals surface area contributed by atoms with Crippen molar-refractivity contribution in [1.82, 2.24) is 0 Å². The Morgan fingerprint density at radius 2 is 1.82 bits per heavy atom. The van der Waals surface area contributed by atoms with Crippen LogP contribution in [0.4, 0.5) is 11.4 Å². The van der Waals surface area contributed by atoms with Gasteiger partial charge in [-0.3, -0.25) is 9.59 Å². The van der Waals surface area contributed by atoms with Crippen LogP contribution in [0.1, 0.15) is 0 Å². The summed E-state index contributed by atoms with van der Waals surface area (Å²) in [6, 6.07) is 6.77. The number of benzene rings is 1. The highest BCUT2D eigenvalue weighted by Gasteiger charge is 2.03. The second-order valence-electron chi connectivity index (χ2n) is 3.24. The Bertz CT molecular complexity index is 409. The van der Waals surface area contributed by atoms with Crippen molar-refractivity contribution in [1.29, 1.82) is 0 Å². The molecule has 0 atom stereocenters. The molecular weight excluding hydrogens is 244 g/mol. The van der Waals surface area contributed by atoms with Crippen LogP contribution in [-0.4, -0.2) is 31.4 Å². The van der Waals surface area contributed by atoms with Crippen LogP contribution in [0.2, 0.25) is 0 Å². The van der Waals surface area contributed by atoms with E-state index in [0.29, 0.717) is 11.4 Å². The zero-order valence-electron chi connectivity index (χ0n) is 9.33. The first-order valence-corrected chi connectivity index (χ1v) is 5.44. The molecule has 1 aromatic carbocycles. The molecule has 0 bridgehead atoms. The first-order valence-electron chi connectivity index (χ1n) is 4.90. The molecule has 0 aromatic heterocycles. The van der Waals surface area contributed by atoms with Crippen LogP contribution in [0, 0.1) is 0 Å². The molecule has 0 fully saturated rings. The van der Waals surface area contributed by atoms with Gasteiger partial charge in [-0.25, -0.2) is 0 Å². The lowest BCUT2D eigenvalue weighted by Crippen LogP contribution is -2.17. The molecule has 0 saturated carbocycles. The first-order chi connectivity index (χ1) is 8.15. The molecule has 2 amide bonds. The maximum Gasteiger partial charge on any atom is 0.250 e. The number of halogens is 1. The Balaban J connectivity index is 2.65. The van der Waals surface area contributed by atoms with Crippen LogP contribution >= 0.6 is 11.6 Å². The molecule has 0 aliphatic rings. The zero-order chi connectivity index (χ0) is 12.7. The highest BCUT2D eigenvalue weighted by atomic mass is 35.5. The van der Waals surface area contributed by atoms with Crippen molar-refractivity contribution in [2.24, 2.45) is 0 Å². The van der Waals surface area contributed by atoms with Gasteiger partial charge in [0.05, 0.1) is 0 Å². The smallest absolute Gasteiger partial charge is 0.250 e. The minimum Gasteiger partial charge on any atom is -0.375 e. The van der Waals surface area contributed by atoms with Gasteiger partial charge in [0.15, 0.2) is 0 Å². The molecule has 0 radical (unpaired) electrons. The molecule has 0 heterocycles. The summed E-state index contributed by atoms with van der Waals surface area (Å²) in [6.45, 7) is -0.0156. The molecule has 17 heavy (non-hydrogen) atoms. The van der Waals surface area contributed by atoms with E-state index >= 15 is 0 Å². The summed E-state index contributed by atoms with van der Waals surface area (Å²) in [4.78, 5) is 22.3. The SMILES string of the molecule is COCC(=O)Nc1cccc(NC(=O)CCl)c1. The summed E-state index contributed by atoms with van der Waals surface area (Å²) >= 11 is 5.37. The van der Waals surface area contributed by atoms with Gasteiger partial charge in [-0.2, -0.15) is 0 Å². The number of carbonyl (C=O) groups is 2. The summed E-state index contributed by atoms with van der Waals surface area (Å²) in [7, 11) is 1.44. The highest BCUT2D eigenvalue weighted by molar-refractivity contribution is 6.29. The predicted octanol–water partition coefficient (Wildman–Crippen LogP) is 1.45. The third-order valence-electron chi connectivity index (χ3n) is 1.83. The number of alkyl halides is 1. The molecule has 92 valence electrons. The van der Waals surface area contributed by atoms with E-state index in [-0.39, 0.29) is 24.3 Å². The molecule has 5 nitrogen and oxygen atoms in total. The van der Waals surface area contributed by atoms with E-state index in [1.165, 1.54) is 7.11 Å². The van der Waals surface area contributed by atoms with Gasteiger partial charge in [0, 0.05) is 18.5 Å². The number of nitrogens with one attached hydrogen (secondary N) is 2. The van der Waals surface area contributed by atoms with Gasteiger partial charge in [-0.1, -0.05) is 6.07 Å². The Labute approximate surface area is 104 Å². The fraction of sp³-hybridized carbons (Fsp3) is 0.273. The topological polar surface area (TPSA) is 67.4 Å². The number of rotatable bonds is 5.